The van der Waals surface area contributed by atoms with Gasteiger partial charge in [-0.2, -0.15) is 0 Å². The van der Waals surface area contributed by atoms with E-state index in [0.717, 1.165) is 55.5 Å². The van der Waals surface area contributed by atoms with Crippen LogP contribution in [-0.2, 0) is 0 Å². The molecule has 0 saturated carbocycles. The van der Waals surface area contributed by atoms with Gasteiger partial charge >= 0.3 is 0 Å². The average Bonchev–Trinajstić information content (AvgIpc) is 3.53. The monoisotopic (exact) mass is 587 g/mol. The Hall–Kier alpha value is -6.12. The molecule has 8 aromatic carbocycles. The summed E-state index contributed by atoms with van der Waals surface area (Å²) >= 11 is 0. The summed E-state index contributed by atoms with van der Waals surface area (Å²) in [6, 6.07) is 62.7. The van der Waals surface area contributed by atoms with E-state index in [9.17, 15) is 0 Å². The number of anilines is 3. The van der Waals surface area contributed by atoms with E-state index in [1.54, 1.807) is 0 Å². The Labute approximate surface area is 267 Å². The number of hydrogen-bond acceptors (Lipinski definition) is 2. The first-order chi connectivity index (χ1) is 22.8. The molecule has 2 nitrogen and oxygen atoms in total. The summed E-state index contributed by atoms with van der Waals surface area (Å²) in [6.07, 6.45) is 0. The molecule has 0 aliphatic heterocycles. The second-order valence-electron chi connectivity index (χ2n) is 11.7. The zero-order valence-electron chi connectivity index (χ0n) is 25.1. The minimum Gasteiger partial charge on any atom is -0.455 e. The van der Waals surface area contributed by atoms with E-state index in [1.807, 2.05) is 0 Å². The SMILES string of the molecule is c1ccc(-c2ccc(N(c3ccccc3-c3cccc4oc5c6ccccc6ccc5c34)c3cccc4ccccc34)cc2)cc1. The summed E-state index contributed by atoms with van der Waals surface area (Å²) in [7, 11) is 0. The molecular formula is C44H29NO. The number of furan rings is 1. The molecule has 2 heteroatoms. The second-order valence-corrected chi connectivity index (χ2v) is 11.7. The molecule has 1 aromatic heterocycles. The molecule has 46 heavy (non-hydrogen) atoms. The lowest BCUT2D eigenvalue weighted by molar-refractivity contribution is 0.673. The summed E-state index contributed by atoms with van der Waals surface area (Å²) in [4.78, 5) is 2.41. The van der Waals surface area contributed by atoms with Gasteiger partial charge in [-0.25, -0.2) is 0 Å². The maximum Gasteiger partial charge on any atom is 0.143 e. The highest BCUT2D eigenvalue weighted by molar-refractivity contribution is 6.20. The van der Waals surface area contributed by atoms with Gasteiger partial charge in [0.25, 0.3) is 0 Å². The van der Waals surface area contributed by atoms with Crippen molar-refractivity contribution in [2.24, 2.45) is 0 Å². The van der Waals surface area contributed by atoms with E-state index in [1.165, 1.54) is 27.3 Å². The van der Waals surface area contributed by atoms with Crippen molar-refractivity contribution < 1.29 is 4.42 Å². The minimum absolute atomic E-state index is 0.891. The van der Waals surface area contributed by atoms with Gasteiger partial charge in [0.2, 0.25) is 0 Å². The van der Waals surface area contributed by atoms with Gasteiger partial charge in [-0.1, -0.05) is 140 Å². The number of benzene rings is 8. The summed E-state index contributed by atoms with van der Waals surface area (Å²) in [6.45, 7) is 0. The Bertz CT molecular complexity index is 2520. The van der Waals surface area contributed by atoms with Crippen molar-refractivity contribution in [2.75, 3.05) is 4.90 Å². The van der Waals surface area contributed by atoms with Crippen LogP contribution in [0.5, 0.6) is 0 Å². The Kier molecular flexibility index (Phi) is 6.17. The van der Waals surface area contributed by atoms with Crippen molar-refractivity contribution in [1.82, 2.24) is 0 Å². The molecule has 216 valence electrons. The molecule has 0 saturated heterocycles. The quantitative estimate of drug-likeness (QED) is 0.199. The molecule has 0 atom stereocenters. The van der Waals surface area contributed by atoms with Gasteiger partial charge in [-0.15, -0.1) is 0 Å². The van der Waals surface area contributed by atoms with Crippen molar-refractivity contribution in [3.63, 3.8) is 0 Å². The second kappa shape index (κ2) is 10.8. The summed E-state index contributed by atoms with van der Waals surface area (Å²) in [5.74, 6) is 0. The summed E-state index contributed by atoms with van der Waals surface area (Å²) in [5, 5.41) is 6.98. The molecule has 0 fully saturated rings. The molecule has 0 amide bonds. The van der Waals surface area contributed by atoms with E-state index in [0.29, 0.717) is 0 Å². The van der Waals surface area contributed by atoms with E-state index in [2.05, 4.69) is 181 Å². The largest absolute Gasteiger partial charge is 0.455 e. The molecule has 9 aromatic rings. The lowest BCUT2D eigenvalue weighted by Gasteiger charge is -2.29. The number of rotatable bonds is 5. The minimum atomic E-state index is 0.891. The van der Waals surface area contributed by atoms with Crippen LogP contribution in [0.2, 0.25) is 0 Å². The molecule has 0 aliphatic rings. The number of nitrogens with zero attached hydrogens (tertiary/aromatic N) is 1. The van der Waals surface area contributed by atoms with Crippen molar-refractivity contribution >= 4 is 60.5 Å². The van der Waals surface area contributed by atoms with Crippen molar-refractivity contribution in [2.45, 2.75) is 0 Å². The lowest BCUT2D eigenvalue weighted by atomic mass is 9.95. The first kappa shape index (κ1) is 26.3. The van der Waals surface area contributed by atoms with Gasteiger partial charge in [-0.05, 0) is 63.9 Å². The molecule has 0 radical (unpaired) electrons. The zero-order chi connectivity index (χ0) is 30.5. The topological polar surface area (TPSA) is 16.4 Å². The van der Waals surface area contributed by atoms with Crippen LogP contribution in [0, 0.1) is 0 Å². The van der Waals surface area contributed by atoms with Crippen LogP contribution in [0.25, 0.3) is 65.7 Å². The highest BCUT2D eigenvalue weighted by atomic mass is 16.3. The van der Waals surface area contributed by atoms with Crippen LogP contribution >= 0.6 is 0 Å². The Morgan fingerprint density at radius 3 is 1.83 bits per heavy atom. The molecule has 0 bridgehead atoms. The van der Waals surface area contributed by atoms with Crippen LogP contribution in [0.3, 0.4) is 0 Å². The van der Waals surface area contributed by atoms with E-state index in [-0.39, 0.29) is 0 Å². The van der Waals surface area contributed by atoms with Gasteiger partial charge in [0.05, 0.1) is 11.4 Å². The zero-order valence-corrected chi connectivity index (χ0v) is 25.1. The third-order valence-corrected chi connectivity index (χ3v) is 9.06. The third kappa shape index (κ3) is 4.27. The maximum atomic E-state index is 6.60. The highest BCUT2D eigenvalue weighted by Crippen LogP contribution is 2.47. The van der Waals surface area contributed by atoms with Gasteiger partial charge in [0.15, 0.2) is 0 Å². The fraction of sp³-hybridized carbons (Fsp3) is 0. The fourth-order valence-electron chi connectivity index (χ4n) is 6.92. The number of hydrogen-bond donors (Lipinski definition) is 0. The van der Waals surface area contributed by atoms with Gasteiger partial charge < -0.3 is 9.32 Å². The molecule has 0 unspecified atom stereocenters. The Morgan fingerprint density at radius 1 is 0.370 bits per heavy atom. The first-order valence-electron chi connectivity index (χ1n) is 15.7. The molecule has 0 aliphatic carbocycles. The van der Waals surface area contributed by atoms with Crippen molar-refractivity contribution in [3.05, 3.63) is 176 Å². The lowest BCUT2D eigenvalue weighted by Crippen LogP contribution is -2.11. The van der Waals surface area contributed by atoms with Crippen LogP contribution < -0.4 is 4.90 Å². The normalized spacial score (nSPS) is 11.5. The standard InChI is InChI=1S/C44H29NO/c1-2-12-30(13-3-1)31-24-27-34(28-25-31)45(40-22-10-16-32-14-4-6-17-35(32)40)41-21-9-8-19-37(41)38-20-11-23-42-43(38)39-29-26-33-15-5-7-18-36(33)44(39)46-42/h1-29H. The van der Waals surface area contributed by atoms with Crippen LogP contribution in [-0.4, -0.2) is 0 Å². The van der Waals surface area contributed by atoms with Crippen LogP contribution in [0.15, 0.2) is 180 Å². The van der Waals surface area contributed by atoms with Crippen molar-refractivity contribution in [1.29, 1.82) is 0 Å². The number of para-hydroxylation sites is 1. The fourth-order valence-corrected chi connectivity index (χ4v) is 6.92. The smallest absolute Gasteiger partial charge is 0.143 e. The molecule has 9 rings (SSSR count). The van der Waals surface area contributed by atoms with E-state index < -0.39 is 0 Å². The van der Waals surface area contributed by atoms with E-state index in [4.69, 9.17) is 4.42 Å². The Morgan fingerprint density at radius 2 is 0.978 bits per heavy atom. The van der Waals surface area contributed by atoms with Crippen LogP contribution in [0.1, 0.15) is 0 Å². The molecule has 0 N–H and O–H groups in total. The molecule has 1 heterocycles. The summed E-state index contributed by atoms with van der Waals surface area (Å²) in [5.41, 5.74) is 9.84. The average molecular weight is 588 g/mol. The molecule has 0 spiro atoms. The predicted molar refractivity (Wildman–Crippen MR) is 194 cm³/mol. The molecular weight excluding hydrogens is 558 g/mol. The number of fused-ring (bicyclic) bond motifs is 6. The van der Waals surface area contributed by atoms with Crippen LogP contribution in [0.4, 0.5) is 17.1 Å². The van der Waals surface area contributed by atoms with Gasteiger partial charge in [-0.3, -0.25) is 0 Å². The third-order valence-electron chi connectivity index (χ3n) is 9.06. The first-order valence-corrected chi connectivity index (χ1v) is 15.7. The van der Waals surface area contributed by atoms with Gasteiger partial charge in [0.1, 0.15) is 11.2 Å². The highest BCUT2D eigenvalue weighted by Gasteiger charge is 2.22. The Balaban J connectivity index is 1.30. The van der Waals surface area contributed by atoms with E-state index >= 15 is 0 Å². The maximum absolute atomic E-state index is 6.60. The van der Waals surface area contributed by atoms with Gasteiger partial charge in [0, 0.05) is 32.8 Å². The predicted octanol–water partition coefficient (Wildman–Crippen LogP) is 12.7. The summed E-state index contributed by atoms with van der Waals surface area (Å²) < 4.78 is 6.60. The van der Waals surface area contributed by atoms with Crippen molar-refractivity contribution in [3.8, 4) is 22.3 Å².